The van der Waals surface area contributed by atoms with Crippen LogP contribution in [-0.2, 0) is 6.42 Å². The molecule has 0 aliphatic carbocycles. The maximum atomic E-state index is 11.3. The molecule has 1 aromatic heterocycles. The Morgan fingerprint density at radius 1 is 1.33 bits per heavy atom. The van der Waals surface area contributed by atoms with Crippen LogP contribution >= 0.6 is 0 Å². The Morgan fingerprint density at radius 3 is 2.73 bits per heavy atom. The molecule has 78 valence electrons. The second-order valence-electron chi connectivity index (χ2n) is 3.14. The standard InChI is InChI=1S/C10H11N3O2/c11-7-6-9-10(14)15-12-13(9)8-4-2-1-3-5-8/h1-5H,6-7,11H2/p+1. The zero-order chi connectivity index (χ0) is 10.7. The van der Waals surface area contributed by atoms with Crippen LogP contribution < -0.4 is 16.0 Å². The predicted octanol–water partition coefficient (Wildman–Crippen LogP) is -0.254. The first-order chi connectivity index (χ1) is 7.33. The first-order valence-electron chi connectivity index (χ1n) is 4.71. The molecule has 15 heavy (non-hydrogen) atoms. The Morgan fingerprint density at radius 2 is 2.07 bits per heavy atom. The number of benzene rings is 1. The predicted molar refractivity (Wildman–Crippen MR) is 53.6 cm³/mol. The molecule has 0 fully saturated rings. The van der Waals surface area contributed by atoms with E-state index in [0.717, 1.165) is 5.69 Å². The quantitative estimate of drug-likeness (QED) is 0.680. The van der Waals surface area contributed by atoms with Crippen LogP contribution in [0.5, 0.6) is 0 Å². The van der Waals surface area contributed by atoms with Crippen LogP contribution in [0, 0.1) is 0 Å². The van der Waals surface area contributed by atoms with Crippen molar-refractivity contribution in [2.45, 2.75) is 6.42 Å². The largest absolute Gasteiger partial charge is 0.430 e. The van der Waals surface area contributed by atoms with Crippen LogP contribution in [0.2, 0.25) is 0 Å². The van der Waals surface area contributed by atoms with Gasteiger partial charge in [-0.3, -0.25) is 4.52 Å². The van der Waals surface area contributed by atoms with Crippen molar-refractivity contribution in [2.24, 2.45) is 5.73 Å². The highest BCUT2D eigenvalue weighted by molar-refractivity contribution is 5.21. The van der Waals surface area contributed by atoms with E-state index >= 15 is 0 Å². The van der Waals surface area contributed by atoms with E-state index in [1.54, 1.807) is 4.68 Å². The number of hydrogen-bond acceptors (Lipinski definition) is 3. The van der Waals surface area contributed by atoms with Crippen molar-refractivity contribution in [1.82, 2.24) is 5.27 Å². The second kappa shape index (κ2) is 4.10. The van der Waals surface area contributed by atoms with Crippen molar-refractivity contribution < 1.29 is 9.20 Å². The zero-order valence-corrected chi connectivity index (χ0v) is 8.14. The normalized spacial score (nSPS) is 10.5. The molecule has 1 heterocycles. The van der Waals surface area contributed by atoms with E-state index in [2.05, 4.69) is 5.27 Å². The highest BCUT2D eigenvalue weighted by Crippen LogP contribution is 1.97. The van der Waals surface area contributed by atoms with Crippen LogP contribution in [0.15, 0.2) is 39.6 Å². The summed E-state index contributed by atoms with van der Waals surface area (Å²) in [7, 11) is 0. The lowest BCUT2D eigenvalue weighted by molar-refractivity contribution is -0.677. The van der Waals surface area contributed by atoms with Gasteiger partial charge >= 0.3 is 11.3 Å². The number of para-hydroxylation sites is 1. The fraction of sp³-hybridized carbons (Fsp3) is 0.200. The van der Waals surface area contributed by atoms with E-state index in [0.29, 0.717) is 18.7 Å². The fourth-order valence-electron chi connectivity index (χ4n) is 1.43. The lowest BCUT2D eigenvalue weighted by Gasteiger charge is -1.91. The van der Waals surface area contributed by atoms with Crippen LogP contribution in [0.4, 0.5) is 0 Å². The van der Waals surface area contributed by atoms with Gasteiger partial charge in [-0.1, -0.05) is 18.2 Å². The number of nitrogens with two attached hydrogens (primary N) is 1. The van der Waals surface area contributed by atoms with E-state index in [4.69, 9.17) is 10.3 Å². The van der Waals surface area contributed by atoms with Crippen molar-refractivity contribution in [2.75, 3.05) is 6.54 Å². The SMILES string of the molecule is NCCc1c(=O)o[nH][n+]1-c1ccccc1. The summed E-state index contributed by atoms with van der Waals surface area (Å²) in [5, 5.41) is 2.55. The number of rotatable bonds is 3. The summed E-state index contributed by atoms with van der Waals surface area (Å²) in [6.45, 7) is 0.412. The second-order valence-corrected chi connectivity index (χ2v) is 3.14. The molecule has 0 radical (unpaired) electrons. The summed E-state index contributed by atoms with van der Waals surface area (Å²) >= 11 is 0. The van der Waals surface area contributed by atoms with Gasteiger partial charge in [0.15, 0.2) is 0 Å². The minimum Gasteiger partial charge on any atom is -0.330 e. The number of nitrogens with one attached hydrogen (secondary N) is 1. The molecule has 0 spiro atoms. The van der Waals surface area contributed by atoms with E-state index in [1.165, 1.54) is 0 Å². The van der Waals surface area contributed by atoms with Gasteiger partial charge in [-0.2, -0.15) is 0 Å². The van der Waals surface area contributed by atoms with Gasteiger partial charge in [0.2, 0.25) is 5.69 Å². The van der Waals surface area contributed by atoms with E-state index in [9.17, 15) is 4.79 Å². The Balaban J connectivity index is 2.49. The number of hydrogen-bond donors (Lipinski definition) is 2. The molecule has 1 aromatic carbocycles. The van der Waals surface area contributed by atoms with E-state index in [1.807, 2.05) is 30.3 Å². The van der Waals surface area contributed by atoms with Gasteiger partial charge in [-0.05, 0) is 9.95 Å². The van der Waals surface area contributed by atoms with E-state index in [-0.39, 0.29) is 5.63 Å². The highest BCUT2D eigenvalue weighted by Gasteiger charge is 2.21. The van der Waals surface area contributed by atoms with Crippen molar-refractivity contribution in [1.29, 1.82) is 0 Å². The first-order valence-corrected chi connectivity index (χ1v) is 4.71. The zero-order valence-electron chi connectivity index (χ0n) is 8.14. The fourth-order valence-corrected chi connectivity index (χ4v) is 1.43. The third kappa shape index (κ3) is 1.82. The number of nitrogens with zero attached hydrogens (tertiary/aromatic N) is 1. The average Bonchev–Trinajstić information content (AvgIpc) is 2.63. The molecule has 0 bridgehead atoms. The molecule has 3 N–H and O–H groups in total. The van der Waals surface area contributed by atoms with Crippen LogP contribution in [0.3, 0.4) is 0 Å². The minimum absolute atomic E-state index is 0.371. The topological polar surface area (TPSA) is 75.9 Å². The molecule has 5 heteroatoms. The molecular formula is C10H12N3O2+. The van der Waals surface area contributed by atoms with Gasteiger partial charge < -0.3 is 5.73 Å². The van der Waals surface area contributed by atoms with Gasteiger partial charge in [-0.15, -0.1) is 0 Å². The molecule has 0 unspecified atom stereocenters. The van der Waals surface area contributed by atoms with Crippen molar-refractivity contribution >= 4 is 0 Å². The lowest BCUT2D eigenvalue weighted by Crippen LogP contribution is -2.39. The summed E-state index contributed by atoms with van der Waals surface area (Å²) < 4.78 is 6.34. The third-order valence-electron chi connectivity index (χ3n) is 2.13. The van der Waals surface area contributed by atoms with Crippen molar-refractivity contribution in [3.05, 3.63) is 46.4 Å². The van der Waals surface area contributed by atoms with Crippen molar-refractivity contribution in [3.8, 4) is 5.69 Å². The third-order valence-corrected chi connectivity index (χ3v) is 2.13. The molecule has 2 rings (SSSR count). The smallest absolute Gasteiger partial charge is 0.330 e. The summed E-state index contributed by atoms with van der Waals surface area (Å²) in [5.41, 5.74) is 6.44. The van der Waals surface area contributed by atoms with Gasteiger partial charge in [0.05, 0.1) is 6.42 Å². The van der Waals surface area contributed by atoms with Crippen LogP contribution in [0.25, 0.3) is 5.69 Å². The Kier molecular flexibility index (Phi) is 2.64. The van der Waals surface area contributed by atoms with E-state index < -0.39 is 0 Å². The minimum atomic E-state index is -0.371. The maximum absolute atomic E-state index is 11.3. The average molecular weight is 206 g/mol. The Hall–Kier alpha value is -1.88. The summed E-state index contributed by atoms with van der Waals surface area (Å²) in [6, 6.07) is 9.45. The Labute approximate surface area is 86.1 Å². The van der Waals surface area contributed by atoms with Crippen LogP contribution in [-0.4, -0.2) is 11.8 Å². The highest BCUT2D eigenvalue weighted by atomic mass is 16.5. The van der Waals surface area contributed by atoms with Crippen LogP contribution in [0.1, 0.15) is 5.69 Å². The molecule has 0 saturated carbocycles. The van der Waals surface area contributed by atoms with Gasteiger partial charge in [0.1, 0.15) is 0 Å². The summed E-state index contributed by atoms with van der Waals surface area (Å²) in [4.78, 5) is 11.3. The monoisotopic (exact) mass is 206 g/mol. The molecule has 0 atom stereocenters. The first kappa shape index (κ1) is 9.67. The van der Waals surface area contributed by atoms with Gasteiger partial charge in [-0.25, -0.2) is 4.79 Å². The molecule has 5 nitrogen and oxygen atoms in total. The van der Waals surface area contributed by atoms with Crippen molar-refractivity contribution in [3.63, 3.8) is 0 Å². The van der Waals surface area contributed by atoms with Gasteiger partial charge in [0, 0.05) is 18.7 Å². The molecule has 0 amide bonds. The molecule has 2 aromatic rings. The molecule has 0 saturated heterocycles. The molecule has 0 aliphatic heterocycles. The summed E-state index contributed by atoms with van der Waals surface area (Å²) in [6.07, 6.45) is 0.487. The number of aromatic nitrogens is 2. The summed E-state index contributed by atoms with van der Waals surface area (Å²) in [5.74, 6) is 0. The number of aromatic amines is 1. The van der Waals surface area contributed by atoms with Gasteiger partial charge in [0.25, 0.3) is 0 Å². The maximum Gasteiger partial charge on any atom is 0.430 e. The molecular weight excluding hydrogens is 194 g/mol. The Bertz CT molecular complexity index is 487. The molecule has 0 aliphatic rings. The lowest BCUT2D eigenvalue weighted by atomic mass is 10.3. The number of H-pyrrole nitrogens is 1.